The van der Waals surface area contributed by atoms with Crippen molar-refractivity contribution < 1.29 is 4.79 Å². The van der Waals surface area contributed by atoms with Gasteiger partial charge in [0.2, 0.25) is 5.91 Å². The summed E-state index contributed by atoms with van der Waals surface area (Å²) in [5.74, 6) is 0.166. The van der Waals surface area contributed by atoms with Gasteiger partial charge in [0.1, 0.15) is 5.15 Å². The molecule has 0 aromatic carbocycles. The van der Waals surface area contributed by atoms with Crippen LogP contribution in [-0.2, 0) is 4.79 Å². The van der Waals surface area contributed by atoms with Crippen molar-refractivity contribution in [3.05, 3.63) is 23.0 Å². The topological polar surface area (TPSA) is 48.5 Å². The van der Waals surface area contributed by atoms with E-state index in [-0.39, 0.29) is 5.91 Å². The van der Waals surface area contributed by atoms with E-state index in [1.807, 2.05) is 13.0 Å². The van der Waals surface area contributed by atoms with Crippen LogP contribution in [0.25, 0.3) is 0 Å². The highest BCUT2D eigenvalue weighted by molar-refractivity contribution is 6.30. The number of nitrogens with zero attached hydrogens (tertiary/aromatic N) is 3. The SMILES string of the molecule is Cc1cc(NC2CCN(CC(=O)N(C)C)CC2)cnc1Cl. The molecular weight excluding hydrogens is 288 g/mol. The first-order chi connectivity index (χ1) is 9.95. The number of nitrogens with one attached hydrogen (secondary N) is 1. The van der Waals surface area contributed by atoms with E-state index >= 15 is 0 Å². The lowest BCUT2D eigenvalue weighted by molar-refractivity contribution is -0.130. The number of piperidine rings is 1. The lowest BCUT2D eigenvalue weighted by atomic mass is 10.0. The van der Waals surface area contributed by atoms with Crippen molar-refractivity contribution >= 4 is 23.2 Å². The first kappa shape index (κ1) is 16.0. The van der Waals surface area contributed by atoms with Crippen molar-refractivity contribution in [1.82, 2.24) is 14.8 Å². The largest absolute Gasteiger partial charge is 0.381 e. The fraction of sp³-hybridized carbons (Fsp3) is 0.600. The monoisotopic (exact) mass is 310 g/mol. The second-order valence-electron chi connectivity index (χ2n) is 5.81. The number of pyridine rings is 1. The number of carbonyl (C=O) groups excluding carboxylic acids is 1. The Kier molecular flexibility index (Phi) is 5.42. The average molecular weight is 311 g/mol. The van der Waals surface area contributed by atoms with Gasteiger partial charge in [0.15, 0.2) is 0 Å². The van der Waals surface area contributed by atoms with E-state index in [0.29, 0.717) is 17.7 Å². The minimum absolute atomic E-state index is 0.166. The van der Waals surface area contributed by atoms with E-state index in [2.05, 4.69) is 15.2 Å². The molecule has 1 fully saturated rings. The predicted octanol–water partition coefficient (Wildman–Crippen LogP) is 2.01. The van der Waals surface area contributed by atoms with Crippen molar-refractivity contribution in [2.24, 2.45) is 0 Å². The van der Waals surface area contributed by atoms with Crippen LogP contribution in [0.1, 0.15) is 18.4 Å². The minimum Gasteiger partial charge on any atom is -0.381 e. The Labute approximate surface area is 131 Å². The molecule has 21 heavy (non-hydrogen) atoms. The van der Waals surface area contributed by atoms with Gasteiger partial charge < -0.3 is 10.2 Å². The molecule has 2 heterocycles. The van der Waals surface area contributed by atoms with Crippen molar-refractivity contribution in [1.29, 1.82) is 0 Å². The second-order valence-corrected chi connectivity index (χ2v) is 6.17. The molecule has 0 spiro atoms. The second kappa shape index (κ2) is 7.09. The van der Waals surface area contributed by atoms with Gasteiger partial charge in [-0.3, -0.25) is 9.69 Å². The summed E-state index contributed by atoms with van der Waals surface area (Å²) in [6.07, 6.45) is 3.84. The van der Waals surface area contributed by atoms with Crippen LogP contribution in [0.5, 0.6) is 0 Å². The third kappa shape index (κ3) is 4.58. The van der Waals surface area contributed by atoms with Crippen LogP contribution in [0.3, 0.4) is 0 Å². The number of likely N-dealkylation sites (N-methyl/N-ethyl adjacent to an activating group) is 1. The molecule has 5 nitrogen and oxygen atoms in total. The summed E-state index contributed by atoms with van der Waals surface area (Å²) >= 11 is 5.94. The van der Waals surface area contributed by atoms with Crippen LogP contribution in [0.15, 0.2) is 12.3 Å². The molecule has 6 heteroatoms. The van der Waals surface area contributed by atoms with Gasteiger partial charge in [-0.1, -0.05) is 11.6 Å². The zero-order valence-corrected chi connectivity index (χ0v) is 13.7. The smallest absolute Gasteiger partial charge is 0.236 e. The average Bonchev–Trinajstić information content (AvgIpc) is 2.45. The van der Waals surface area contributed by atoms with Crippen molar-refractivity contribution in [3.8, 4) is 0 Å². The first-order valence-corrected chi connectivity index (χ1v) is 7.64. The third-order valence-corrected chi connectivity index (χ3v) is 4.23. The number of carbonyl (C=O) groups is 1. The van der Waals surface area contributed by atoms with Crippen LogP contribution in [0.4, 0.5) is 5.69 Å². The third-order valence-electron chi connectivity index (χ3n) is 3.83. The number of aryl methyl sites for hydroxylation is 1. The summed E-state index contributed by atoms with van der Waals surface area (Å²) in [5.41, 5.74) is 2.00. The molecule has 1 N–H and O–H groups in total. The van der Waals surface area contributed by atoms with Gasteiger partial charge >= 0.3 is 0 Å². The van der Waals surface area contributed by atoms with Gasteiger partial charge in [-0.25, -0.2) is 4.98 Å². The molecule has 0 atom stereocenters. The zero-order chi connectivity index (χ0) is 15.4. The summed E-state index contributed by atoms with van der Waals surface area (Å²) in [4.78, 5) is 19.7. The van der Waals surface area contributed by atoms with Crippen molar-refractivity contribution in [2.75, 3.05) is 39.0 Å². The van der Waals surface area contributed by atoms with Crippen molar-refractivity contribution in [2.45, 2.75) is 25.8 Å². The Balaban J connectivity index is 1.81. The quantitative estimate of drug-likeness (QED) is 0.864. The molecule has 0 bridgehead atoms. The molecule has 2 rings (SSSR count). The summed E-state index contributed by atoms with van der Waals surface area (Å²) in [6.45, 7) is 4.35. The van der Waals surface area contributed by atoms with Gasteiger partial charge in [-0.05, 0) is 31.4 Å². The molecule has 1 aliphatic heterocycles. The Bertz CT molecular complexity index is 498. The van der Waals surface area contributed by atoms with Gasteiger partial charge in [-0.2, -0.15) is 0 Å². The van der Waals surface area contributed by atoms with Crippen LogP contribution in [-0.4, -0.2) is 60.5 Å². The molecule has 1 aromatic rings. The zero-order valence-electron chi connectivity index (χ0n) is 12.9. The minimum atomic E-state index is 0.166. The molecule has 116 valence electrons. The van der Waals surface area contributed by atoms with E-state index in [9.17, 15) is 4.79 Å². The van der Waals surface area contributed by atoms with Crippen LogP contribution in [0, 0.1) is 6.92 Å². The Morgan fingerprint density at radius 1 is 1.48 bits per heavy atom. The molecule has 0 radical (unpaired) electrons. The molecule has 0 saturated carbocycles. The number of hydrogen-bond donors (Lipinski definition) is 1. The van der Waals surface area contributed by atoms with Gasteiger partial charge in [-0.15, -0.1) is 0 Å². The highest BCUT2D eigenvalue weighted by Crippen LogP contribution is 2.20. The van der Waals surface area contributed by atoms with Crippen molar-refractivity contribution in [3.63, 3.8) is 0 Å². The molecule has 0 unspecified atom stereocenters. The molecule has 1 saturated heterocycles. The molecule has 1 aliphatic rings. The Morgan fingerprint density at radius 2 is 2.14 bits per heavy atom. The number of anilines is 1. The fourth-order valence-corrected chi connectivity index (χ4v) is 2.54. The van der Waals surface area contributed by atoms with Gasteiger partial charge in [0, 0.05) is 33.2 Å². The number of amides is 1. The Morgan fingerprint density at radius 3 is 2.71 bits per heavy atom. The lowest BCUT2D eigenvalue weighted by Crippen LogP contribution is -2.43. The standard InChI is InChI=1S/C15H23ClN4O/c1-11-8-13(9-17-15(11)16)18-12-4-6-20(7-5-12)10-14(21)19(2)3/h8-9,12,18H,4-7,10H2,1-3H3. The van der Waals surface area contributed by atoms with Crippen LogP contribution in [0.2, 0.25) is 5.15 Å². The van der Waals surface area contributed by atoms with Gasteiger partial charge in [0.05, 0.1) is 18.4 Å². The maximum atomic E-state index is 11.7. The normalized spacial score (nSPS) is 16.8. The lowest BCUT2D eigenvalue weighted by Gasteiger charge is -2.32. The number of rotatable bonds is 4. The summed E-state index contributed by atoms with van der Waals surface area (Å²) in [5, 5.41) is 4.06. The van der Waals surface area contributed by atoms with Crippen LogP contribution < -0.4 is 5.32 Å². The molecule has 0 aliphatic carbocycles. The number of halogens is 1. The van der Waals surface area contributed by atoms with E-state index in [0.717, 1.165) is 37.2 Å². The summed E-state index contributed by atoms with van der Waals surface area (Å²) < 4.78 is 0. The maximum Gasteiger partial charge on any atom is 0.236 e. The summed E-state index contributed by atoms with van der Waals surface area (Å²) in [6, 6.07) is 2.45. The number of likely N-dealkylation sites (tertiary alicyclic amines) is 1. The molecule has 1 amide bonds. The summed E-state index contributed by atoms with van der Waals surface area (Å²) in [7, 11) is 3.60. The van der Waals surface area contributed by atoms with E-state index in [1.54, 1.807) is 25.2 Å². The number of aromatic nitrogens is 1. The number of hydrogen-bond acceptors (Lipinski definition) is 4. The first-order valence-electron chi connectivity index (χ1n) is 7.27. The van der Waals surface area contributed by atoms with E-state index in [4.69, 9.17) is 11.6 Å². The highest BCUT2D eigenvalue weighted by Gasteiger charge is 2.21. The van der Waals surface area contributed by atoms with E-state index < -0.39 is 0 Å². The molecule has 1 aromatic heterocycles. The predicted molar refractivity (Wildman–Crippen MR) is 85.8 cm³/mol. The van der Waals surface area contributed by atoms with E-state index in [1.165, 1.54) is 0 Å². The van der Waals surface area contributed by atoms with Gasteiger partial charge in [0.25, 0.3) is 0 Å². The fourth-order valence-electron chi connectivity index (χ4n) is 2.44. The highest BCUT2D eigenvalue weighted by atomic mass is 35.5. The Hall–Kier alpha value is -1.33. The maximum absolute atomic E-state index is 11.7. The molecular formula is C15H23ClN4O. The van der Waals surface area contributed by atoms with Crippen LogP contribution >= 0.6 is 11.6 Å².